The Kier molecular flexibility index (Phi) is 3.90. The van der Waals surface area contributed by atoms with E-state index in [4.69, 9.17) is 10.8 Å². The molecule has 1 saturated carbocycles. The molecule has 0 radical (unpaired) electrons. The van der Waals surface area contributed by atoms with E-state index in [0.29, 0.717) is 12.6 Å². The van der Waals surface area contributed by atoms with Crippen LogP contribution >= 0.6 is 0 Å². The lowest BCUT2D eigenvalue weighted by atomic mass is 10.1. The van der Waals surface area contributed by atoms with Crippen molar-refractivity contribution in [3.63, 3.8) is 0 Å². The third kappa shape index (κ3) is 3.35. The van der Waals surface area contributed by atoms with Gasteiger partial charge in [-0.25, -0.2) is 9.18 Å². The van der Waals surface area contributed by atoms with Crippen LogP contribution in [0.15, 0.2) is 12.1 Å². The first-order valence-electron chi connectivity index (χ1n) is 6.25. The fraction of sp³-hybridized carbons (Fsp3) is 0.462. The maximum absolute atomic E-state index is 13.6. The van der Waals surface area contributed by atoms with Gasteiger partial charge in [-0.3, -0.25) is 0 Å². The number of rotatable bonds is 6. The molecule has 4 N–H and O–H groups in total. The standard InChI is InChI=1S/C13H18FN3O2/c1-17(8-2-3-8)5-4-16-12-6-9(13(18)19)11(15)7-10(12)14/h6-8,16H,2-5,15H2,1H3,(H,18,19). The van der Waals surface area contributed by atoms with Crippen molar-refractivity contribution < 1.29 is 14.3 Å². The Balaban J connectivity index is 1.98. The van der Waals surface area contributed by atoms with Gasteiger partial charge in [-0.2, -0.15) is 0 Å². The van der Waals surface area contributed by atoms with Crippen LogP contribution in [0.25, 0.3) is 0 Å². The number of halogens is 1. The fourth-order valence-electron chi connectivity index (χ4n) is 1.97. The van der Waals surface area contributed by atoms with Crippen molar-refractivity contribution in [3.05, 3.63) is 23.5 Å². The molecule has 1 aliphatic carbocycles. The van der Waals surface area contributed by atoms with Gasteiger partial charge in [-0.1, -0.05) is 0 Å². The average molecular weight is 267 g/mol. The van der Waals surface area contributed by atoms with Crippen LogP contribution in [0.5, 0.6) is 0 Å². The molecule has 0 spiro atoms. The lowest BCUT2D eigenvalue weighted by Gasteiger charge is -2.17. The van der Waals surface area contributed by atoms with E-state index in [-0.39, 0.29) is 16.9 Å². The predicted molar refractivity (Wildman–Crippen MR) is 71.9 cm³/mol. The van der Waals surface area contributed by atoms with Crippen LogP contribution < -0.4 is 11.1 Å². The molecule has 0 atom stereocenters. The number of anilines is 2. The number of aromatic carboxylic acids is 1. The average Bonchev–Trinajstić information content (AvgIpc) is 3.15. The molecule has 6 heteroatoms. The van der Waals surface area contributed by atoms with Gasteiger partial charge in [0.1, 0.15) is 5.82 Å². The van der Waals surface area contributed by atoms with Crippen LogP contribution in [-0.4, -0.2) is 42.2 Å². The van der Waals surface area contributed by atoms with Crippen LogP contribution in [0, 0.1) is 5.82 Å². The van der Waals surface area contributed by atoms with Crippen LogP contribution in [-0.2, 0) is 0 Å². The number of benzene rings is 1. The highest BCUT2D eigenvalue weighted by Crippen LogP contribution is 2.25. The van der Waals surface area contributed by atoms with Crippen molar-refractivity contribution in [1.29, 1.82) is 0 Å². The number of nitrogens with one attached hydrogen (secondary N) is 1. The zero-order valence-corrected chi connectivity index (χ0v) is 10.8. The van der Waals surface area contributed by atoms with Gasteiger partial charge >= 0.3 is 5.97 Å². The second-order valence-electron chi connectivity index (χ2n) is 4.86. The Hall–Kier alpha value is -1.82. The zero-order chi connectivity index (χ0) is 14.0. The summed E-state index contributed by atoms with van der Waals surface area (Å²) in [6.45, 7) is 1.35. The zero-order valence-electron chi connectivity index (χ0n) is 10.8. The van der Waals surface area contributed by atoms with Crippen LogP contribution in [0.2, 0.25) is 0 Å². The quantitative estimate of drug-likeness (QED) is 0.682. The van der Waals surface area contributed by atoms with E-state index >= 15 is 0 Å². The molecule has 0 amide bonds. The van der Waals surface area contributed by atoms with Crippen molar-refractivity contribution in [2.75, 3.05) is 31.2 Å². The SMILES string of the molecule is CN(CCNc1cc(C(=O)O)c(N)cc1F)C1CC1. The van der Waals surface area contributed by atoms with E-state index in [9.17, 15) is 9.18 Å². The number of hydrogen-bond acceptors (Lipinski definition) is 4. The summed E-state index contributed by atoms with van der Waals surface area (Å²) in [5.74, 6) is -1.69. The van der Waals surface area contributed by atoms with Gasteiger partial charge in [-0.05, 0) is 32.0 Å². The van der Waals surface area contributed by atoms with Gasteiger partial charge in [0.2, 0.25) is 0 Å². The molecule has 19 heavy (non-hydrogen) atoms. The first kappa shape index (κ1) is 13.6. The molecule has 2 rings (SSSR count). The van der Waals surface area contributed by atoms with Crippen LogP contribution in [0.4, 0.5) is 15.8 Å². The van der Waals surface area contributed by atoms with E-state index in [2.05, 4.69) is 10.2 Å². The maximum atomic E-state index is 13.6. The molecule has 0 aliphatic heterocycles. The second-order valence-corrected chi connectivity index (χ2v) is 4.86. The van der Waals surface area contributed by atoms with Gasteiger partial charge in [0.05, 0.1) is 11.3 Å². The molecular weight excluding hydrogens is 249 g/mol. The summed E-state index contributed by atoms with van der Waals surface area (Å²) in [6.07, 6.45) is 2.44. The fourth-order valence-corrected chi connectivity index (χ4v) is 1.97. The molecule has 0 unspecified atom stereocenters. The number of likely N-dealkylation sites (N-methyl/N-ethyl adjacent to an activating group) is 1. The molecule has 1 fully saturated rings. The van der Waals surface area contributed by atoms with E-state index < -0.39 is 11.8 Å². The van der Waals surface area contributed by atoms with Crippen molar-refractivity contribution in [2.45, 2.75) is 18.9 Å². The Labute approximate surface area is 111 Å². The number of carbonyl (C=O) groups is 1. The number of nitrogens with zero attached hydrogens (tertiary/aromatic N) is 1. The number of nitrogen functional groups attached to an aromatic ring is 1. The van der Waals surface area contributed by atoms with Crippen molar-refractivity contribution in [1.82, 2.24) is 4.90 Å². The smallest absolute Gasteiger partial charge is 0.337 e. The topological polar surface area (TPSA) is 78.6 Å². The largest absolute Gasteiger partial charge is 0.478 e. The van der Waals surface area contributed by atoms with E-state index in [1.54, 1.807) is 0 Å². The second kappa shape index (κ2) is 5.44. The molecule has 0 aromatic heterocycles. The Morgan fingerprint density at radius 1 is 1.58 bits per heavy atom. The lowest BCUT2D eigenvalue weighted by Crippen LogP contribution is -2.27. The Morgan fingerprint density at radius 3 is 2.84 bits per heavy atom. The molecule has 0 heterocycles. The van der Waals surface area contributed by atoms with Crippen molar-refractivity contribution >= 4 is 17.3 Å². The lowest BCUT2D eigenvalue weighted by molar-refractivity contribution is 0.0698. The summed E-state index contributed by atoms with van der Waals surface area (Å²) < 4.78 is 13.6. The van der Waals surface area contributed by atoms with E-state index in [0.717, 1.165) is 12.6 Å². The third-order valence-electron chi connectivity index (χ3n) is 3.32. The highest BCUT2D eigenvalue weighted by molar-refractivity contribution is 5.94. The van der Waals surface area contributed by atoms with Crippen LogP contribution in [0.3, 0.4) is 0 Å². The van der Waals surface area contributed by atoms with E-state index in [1.165, 1.54) is 18.9 Å². The van der Waals surface area contributed by atoms with E-state index in [1.807, 2.05) is 7.05 Å². The number of nitrogens with two attached hydrogens (primary N) is 1. The highest BCUT2D eigenvalue weighted by atomic mass is 19.1. The first-order chi connectivity index (χ1) is 8.99. The van der Waals surface area contributed by atoms with Gasteiger partial charge in [0.25, 0.3) is 0 Å². The maximum Gasteiger partial charge on any atom is 0.337 e. The number of carboxylic acid groups (broad SMARTS) is 1. The first-order valence-corrected chi connectivity index (χ1v) is 6.25. The van der Waals surface area contributed by atoms with Crippen LogP contribution in [0.1, 0.15) is 23.2 Å². The Morgan fingerprint density at radius 2 is 2.26 bits per heavy atom. The summed E-state index contributed by atoms with van der Waals surface area (Å²) in [4.78, 5) is 13.1. The van der Waals surface area contributed by atoms with Gasteiger partial charge < -0.3 is 21.1 Å². The molecular formula is C13H18FN3O2. The van der Waals surface area contributed by atoms with Crippen molar-refractivity contribution in [2.24, 2.45) is 0 Å². The third-order valence-corrected chi connectivity index (χ3v) is 3.32. The summed E-state index contributed by atoms with van der Waals surface area (Å²) >= 11 is 0. The molecule has 5 nitrogen and oxygen atoms in total. The van der Waals surface area contributed by atoms with Gasteiger partial charge in [0, 0.05) is 24.8 Å². The monoisotopic (exact) mass is 267 g/mol. The van der Waals surface area contributed by atoms with Crippen molar-refractivity contribution in [3.8, 4) is 0 Å². The minimum atomic E-state index is -1.16. The minimum Gasteiger partial charge on any atom is -0.478 e. The van der Waals surface area contributed by atoms with Gasteiger partial charge in [-0.15, -0.1) is 0 Å². The molecule has 1 aromatic carbocycles. The minimum absolute atomic E-state index is 0.0642. The highest BCUT2D eigenvalue weighted by Gasteiger charge is 2.25. The summed E-state index contributed by atoms with van der Waals surface area (Å²) in [6, 6.07) is 2.92. The summed E-state index contributed by atoms with van der Waals surface area (Å²) in [5, 5.41) is 11.9. The Bertz CT molecular complexity index is 489. The number of carboxylic acids is 1. The molecule has 1 aliphatic rings. The molecule has 104 valence electrons. The molecule has 0 saturated heterocycles. The predicted octanol–water partition coefficient (Wildman–Crippen LogP) is 1.61. The summed E-state index contributed by atoms with van der Waals surface area (Å²) in [5.41, 5.74) is 5.49. The summed E-state index contributed by atoms with van der Waals surface area (Å²) in [7, 11) is 2.03. The van der Waals surface area contributed by atoms with Gasteiger partial charge in [0.15, 0.2) is 0 Å². The molecule has 0 bridgehead atoms. The normalized spacial score (nSPS) is 14.7. The number of hydrogen-bond donors (Lipinski definition) is 3. The molecule has 1 aromatic rings.